The normalized spacial score (nSPS) is 11.3. The Labute approximate surface area is 141 Å². The van der Waals surface area contributed by atoms with Crippen molar-refractivity contribution in [1.82, 2.24) is 15.7 Å². The third-order valence-corrected chi connectivity index (χ3v) is 3.89. The van der Waals surface area contributed by atoms with E-state index in [9.17, 15) is 4.79 Å². The highest BCUT2D eigenvalue weighted by molar-refractivity contribution is 7.13. The molecule has 1 aromatic heterocycles. The van der Waals surface area contributed by atoms with Crippen LogP contribution in [0.25, 0.3) is 5.70 Å². The van der Waals surface area contributed by atoms with Crippen LogP contribution in [0.5, 0.6) is 0 Å². The molecule has 0 unspecified atom stereocenters. The van der Waals surface area contributed by atoms with E-state index in [4.69, 9.17) is 28.0 Å². The molecule has 1 aromatic carbocycles. The van der Waals surface area contributed by atoms with Crippen molar-refractivity contribution in [3.05, 3.63) is 45.4 Å². The summed E-state index contributed by atoms with van der Waals surface area (Å²) < 4.78 is 0. The Morgan fingerprint density at radius 3 is 2.86 bits per heavy atom. The Morgan fingerprint density at radius 1 is 1.41 bits per heavy atom. The zero-order chi connectivity index (χ0) is 15.9. The standard InChI is InChI=1S/C13H12Cl2N4O2S/c1-21-19-11(8-2-3-9(14)10(15)6-8)4-5-12(20)17-13-18-16-7-22-13/h2-4,6-7,19H,5H2,1H3,(H,17,18,20). The van der Waals surface area contributed by atoms with Gasteiger partial charge in [-0.25, -0.2) is 0 Å². The smallest absolute Gasteiger partial charge is 0.230 e. The molecule has 22 heavy (non-hydrogen) atoms. The predicted molar refractivity (Wildman–Crippen MR) is 87.7 cm³/mol. The van der Waals surface area contributed by atoms with Gasteiger partial charge < -0.3 is 5.32 Å². The SMILES string of the molecule is CONC(=CCC(=O)Nc1nncs1)c1ccc(Cl)c(Cl)c1. The van der Waals surface area contributed by atoms with Crippen LogP contribution < -0.4 is 10.8 Å². The molecule has 0 aliphatic carbocycles. The van der Waals surface area contributed by atoms with E-state index in [0.717, 1.165) is 5.56 Å². The second-order valence-electron chi connectivity index (χ2n) is 4.05. The second-order valence-corrected chi connectivity index (χ2v) is 5.70. The number of nitrogens with one attached hydrogen (secondary N) is 2. The van der Waals surface area contributed by atoms with Gasteiger partial charge >= 0.3 is 0 Å². The van der Waals surface area contributed by atoms with E-state index in [1.54, 1.807) is 29.8 Å². The summed E-state index contributed by atoms with van der Waals surface area (Å²) in [5.74, 6) is -0.216. The Bertz CT molecular complexity index is 677. The van der Waals surface area contributed by atoms with Gasteiger partial charge in [0, 0.05) is 12.0 Å². The van der Waals surface area contributed by atoms with Crippen molar-refractivity contribution >= 4 is 51.3 Å². The third kappa shape index (κ3) is 4.67. The Balaban J connectivity index is 2.09. The summed E-state index contributed by atoms with van der Waals surface area (Å²) in [6.45, 7) is 0. The number of carbonyl (C=O) groups is 1. The van der Waals surface area contributed by atoms with E-state index >= 15 is 0 Å². The molecular weight excluding hydrogens is 347 g/mol. The van der Waals surface area contributed by atoms with Crippen molar-refractivity contribution in [2.75, 3.05) is 12.4 Å². The van der Waals surface area contributed by atoms with E-state index < -0.39 is 0 Å². The van der Waals surface area contributed by atoms with Gasteiger partial charge in [0.1, 0.15) is 5.51 Å². The summed E-state index contributed by atoms with van der Waals surface area (Å²) >= 11 is 13.1. The van der Waals surface area contributed by atoms with Crippen molar-refractivity contribution in [2.24, 2.45) is 0 Å². The fourth-order valence-electron chi connectivity index (χ4n) is 1.58. The molecule has 2 aromatic rings. The van der Waals surface area contributed by atoms with Gasteiger partial charge in [0.2, 0.25) is 11.0 Å². The van der Waals surface area contributed by atoms with Crippen LogP contribution in [0.15, 0.2) is 29.8 Å². The molecule has 2 rings (SSSR count). The minimum atomic E-state index is -0.216. The van der Waals surface area contributed by atoms with Crippen LogP contribution in [-0.4, -0.2) is 23.2 Å². The number of rotatable bonds is 6. The van der Waals surface area contributed by atoms with Crippen LogP contribution in [0.1, 0.15) is 12.0 Å². The number of carbonyl (C=O) groups excluding carboxylic acids is 1. The molecule has 0 atom stereocenters. The van der Waals surface area contributed by atoms with Crippen LogP contribution in [0.3, 0.4) is 0 Å². The van der Waals surface area contributed by atoms with Gasteiger partial charge in [-0.15, -0.1) is 10.2 Å². The molecule has 1 amide bonds. The average molecular weight is 359 g/mol. The lowest BCUT2D eigenvalue weighted by molar-refractivity contribution is -0.115. The lowest BCUT2D eigenvalue weighted by Gasteiger charge is -2.10. The maximum Gasteiger partial charge on any atom is 0.230 e. The number of nitrogens with zero attached hydrogens (tertiary/aromatic N) is 2. The number of anilines is 1. The van der Waals surface area contributed by atoms with Crippen molar-refractivity contribution < 1.29 is 9.63 Å². The first-order valence-electron chi connectivity index (χ1n) is 6.10. The van der Waals surface area contributed by atoms with Crippen molar-refractivity contribution in [1.29, 1.82) is 0 Å². The molecule has 2 N–H and O–H groups in total. The van der Waals surface area contributed by atoms with Crippen LogP contribution in [0, 0.1) is 0 Å². The molecule has 9 heteroatoms. The van der Waals surface area contributed by atoms with Gasteiger partial charge in [-0.2, -0.15) is 0 Å². The Hall–Kier alpha value is -1.67. The molecule has 0 aliphatic heterocycles. The zero-order valence-corrected chi connectivity index (χ0v) is 13.8. The van der Waals surface area contributed by atoms with Gasteiger partial charge in [0.05, 0.1) is 22.9 Å². The molecule has 0 saturated carbocycles. The maximum absolute atomic E-state index is 11.8. The first-order chi connectivity index (χ1) is 10.6. The van der Waals surface area contributed by atoms with E-state index in [1.807, 2.05) is 0 Å². The first-order valence-corrected chi connectivity index (χ1v) is 7.74. The highest BCUT2D eigenvalue weighted by atomic mass is 35.5. The lowest BCUT2D eigenvalue weighted by Crippen LogP contribution is -2.13. The minimum Gasteiger partial charge on any atom is -0.300 e. The molecule has 0 bridgehead atoms. The monoisotopic (exact) mass is 358 g/mol. The fourth-order valence-corrected chi connectivity index (χ4v) is 2.34. The van der Waals surface area contributed by atoms with Gasteiger partial charge in [-0.05, 0) is 18.2 Å². The molecule has 1 heterocycles. The predicted octanol–water partition coefficient (Wildman–Crippen LogP) is 3.37. The fraction of sp³-hybridized carbons (Fsp3) is 0.154. The number of amides is 1. The molecule has 0 saturated heterocycles. The lowest BCUT2D eigenvalue weighted by atomic mass is 10.1. The zero-order valence-electron chi connectivity index (χ0n) is 11.5. The summed E-state index contributed by atoms with van der Waals surface area (Å²) in [7, 11) is 1.48. The van der Waals surface area contributed by atoms with Crippen molar-refractivity contribution in [2.45, 2.75) is 6.42 Å². The largest absolute Gasteiger partial charge is 0.300 e. The number of benzene rings is 1. The van der Waals surface area contributed by atoms with E-state index in [-0.39, 0.29) is 12.3 Å². The summed E-state index contributed by atoms with van der Waals surface area (Å²) in [4.78, 5) is 16.8. The van der Waals surface area contributed by atoms with E-state index in [0.29, 0.717) is 20.9 Å². The Kier molecular flexibility index (Phi) is 6.14. The molecule has 0 spiro atoms. The average Bonchev–Trinajstić information content (AvgIpc) is 2.99. The van der Waals surface area contributed by atoms with Crippen LogP contribution in [0.4, 0.5) is 5.13 Å². The van der Waals surface area contributed by atoms with Crippen LogP contribution >= 0.6 is 34.5 Å². The van der Waals surface area contributed by atoms with E-state index in [2.05, 4.69) is 21.0 Å². The first kappa shape index (κ1) is 16.7. The molecule has 0 fully saturated rings. The highest BCUT2D eigenvalue weighted by Gasteiger charge is 2.07. The van der Waals surface area contributed by atoms with Crippen LogP contribution in [0.2, 0.25) is 10.0 Å². The molecule has 116 valence electrons. The van der Waals surface area contributed by atoms with Crippen molar-refractivity contribution in [3.63, 3.8) is 0 Å². The second kappa shape index (κ2) is 8.09. The quantitative estimate of drug-likeness (QED) is 0.774. The number of hydroxylamine groups is 1. The number of aromatic nitrogens is 2. The van der Waals surface area contributed by atoms with Gasteiger partial charge in [0.15, 0.2) is 0 Å². The summed E-state index contributed by atoms with van der Waals surface area (Å²) in [5, 5.41) is 11.3. The maximum atomic E-state index is 11.8. The van der Waals surface area contributed by atoms with Crippen LogP contribution in [-0.2, 0) is 9.63 Å². The Morgan fingerprint density at radius 2 is 2.23 bits per heavy atom. The minimum absolute atomic E-state index is 0.130. The highest BCUT2D eigenvalue weighted by Crippen LogP contribution is 2.25. The van der Waals surface area contributed by atoms with Crippen molar-refractivity contribution in [3.8, 4) is 0 Å². The van der Waals surface area contributed by atoms with E-state index in [1.165, 1.54) is 18.4 Å². The molecule has 0 radical (unpaired) electrons. The van der Waals surface area contributed by atoms with Gasteiger partial charge in [-0.1, -0.05) is 40.6 Å². The molecule has 6 nitrogen and oxygen atoms in total. The summed E-state index contributed by atoms with van der Waals surface area (Å²) in [5.41, 5.74) is 5.61. The number of hydrogen-bond donors (Lipinski definition) is 2. The van der Waals surface area contributed by atoms with Gasteiger partial charge in [-0.3, -0.25) is 15.1 Å². The number of hydrogen-bond acceptors (Lipinski definition) is 6. The van der Waals surface area contributed by atoms with Gasteiger partial charge in [0.25, 0.3) is 0 Å². The number of halogens is 2. The molecular formula is C13H12Cl2N4O2S. The summed E-state index contributed by atoms with van der Waals surface area (Å²) in [6.07, 6.45) is 1.81. The third-order valence-electron chi connectivity index (χ3n) is 2.54. The molecule has 0 aliphatic rings. The topological polar surface area (TPSA) is 76.1 Å². The summed E-state index contributed by atoms with van der Waals surface area (Å²) in [6, 6.07) is 5.13.